The van der Waals surface area contributed by atoms with E-state index in [1.54, 1.807) is 18.5 Å². The lowest BCUT2D eigenvalue weighted by Gasteiger charge is -2.31. The van der Waals surface area contributed by atoms with Gasteiger partial charge in [-0.25, -0.2) is 24.3 Å². The van der Waals surface area contributed by atoms with Crippen LogP contribution in [-0.2, 0) is 19.6 Å². The molecule has 0 unspecified atom stereocenters. The number of pyridine rings is 8. The number of fused-ring (bicyclic) bond motifs is 8. The number of aromatic nitrogens is 24. The second-order valence-electron chi connectivity index (χ2n) is 37.9. The van der Waals surface area contributed by atoms with E-state index in [4.69, 9.17) is 19.9 Å². The monoisotopic (exact) mass is 1900 g/mol. The number of piperazine rings is 3. The summed E-state index contributed by atoms with van der Waals surface area (Å²) in [4.78, 5) is 85.7. The third-order valence-electron chi connectivity index (χ3n) is 27.9. The largest absolute Gasteiger partial charge is 0.393 e. The minimum absolute atomic E-state index is 0.219. The molecule has 6 aliphatic heterocycles. The molecule has 35 nitrogen and oxygen atoms in total. The van der Waals surface area contributed by atoms with E-state index in [2.05, 4.69) is 256 Å². The van der Waals surface area contributed by atoms with Crippen molar-refractivity contribution in [1.29, 1.82) is 0 Å². The number of rotatable bonds is 19. The second kappa shape index (κ2) is 39.5. The summed E-state index contributed by atoms with van der Waals surface area (Å²) in [6.07, 6.45) is 35.3. The van der Waals surface area contributed by atoms with Gasteiger partial charge in [0, 0.05) is 210 Å². The van der Waals surface area contributed by atoms with E-state index < -0.39 is 0 Å². The van der Waals surface area contributed by atoms with E-state index in [0.29, 0.717) is 22.6 Å². The minimum Gasteiger partial charge on any atom is -0.393 e. The Hall–Kier alpha value is -16.1. The predicted molar refractivity (Wildman–Crippen MR) is 559 cm³/mol. The first-order chi connectivity index (χ1) is 70.4. The number of hydrogen-bond acceptors (Lipinski definition) is 27. The van der Waals surface area contributed by atoms with Crippen molar-refractivity contribution in [1.82, 2.24) is 151 Å². The van der Waals surface area contributed by atoms with Crippen molar-refractivity contribution >= 4 is 110 Å². The predicted octanol–water partition coefficient (Wildman–Crippen LogP) is 15.1. The Morgan fingerprint density at radius 1 is 0.322 bits per heavy atom. The maximum absolute atomic E-state index is 13.9. The third-order valence-corrected chi connectivity index (χ3v) is 27.9. The molecular formula is C107H107FN34O. The fourth-order valence-corrected chi connectivity index (χ4v) is 20.4. The lowest BCUT2D eigenvalue weighted by Crippen LogP contribution is -2.43. The van der Waals surface area contributed by atoms with Crippen LogP contribution in [0.3, 0.4) is 0 Å². The van der Waals surface area contributed by atoms with Gasteiger partial charge in [-0.15, -0.1) is 0 Å². The lowest BCUT2D eigenvalue weighted by molar-refractivity contribution is 0.145. The number of nitrogens with one attached hydrogen (secondary N) is 11. The topological polar surface area (TPSA) is 412 Å². The molecule has 6 saturated heterocycles. The number of H-pyrrole nitrogens is 8. The van der Waals surface area contributed by atoms with Gasteiger partial charge in [-0.1, -0.05) is 36.4 Å². The van der Waals surface area contributed by atoms with Crippen molar-refractivity contribution < 1.29 is 9.50 Å². The zero-order valence-corrected chi connectivity index (χ0v) is 79.4. The van der Waals surface area contributed by atoms with E-state index in [9.17, 15) is 9.50 Å². The van der Waals surface area contributed by atoms with Gasteiger partial charge in [-0.3, -0.25) is 70.1 Å². The Kier molecular flexibility index (Phi) is 24.8. The number of aliphatic hydroxyl groups is 1. The van der Waals surface area contributed by atoms with Gasteiger partial charge in [0.25, 0.3) is 0 Å². The van der Waals surface area contributed by atoms with Crippen LogP contribution < -0.4 is 35.6 Å². The van der Waals surface area contributed by atoms with Crippen LogP contribution in [-0.4, -0.2) is 278 Å². The van der Waals surface area contributed by atoms with Gasteiger partial charge in [0.2, 0.25) is 0 Å². The standard InChI is InChI=1S/C29H24FN7O.C27H29N9.C26H27N9.C25H27N9/c30-20-3-1-2-18(10-20)24-15-32-16-26-27(24)34-29(33-26)28-23-12-17(4-5-25(23)35-36-28)19-11-21(14-31-13-19)37-8-6-22(38)7-9-37;1-2-8-35(7-1)17-18-11-20(14-29-13-18)19-3-4-22-21(12-19)25(34-33-22)27-31-23-15-30-16-24(26(23)32-27)36-9-5-28-6-10-36;1-6-34(7-1)16-17-10-19(13-28-12-17)18-2-3-21-20(11-18)24(33-32-21)26-30-22-14-29-15-23(25(22)31-26)35-8-4-27-5-9-35;1-33(2)15-16-9-18(12-27-11-16)17-3-4-20-19(10-17)23(32-31-20)25-29-21-13-28-14-22(24(21)30-25)34-7-5-26-6-8-34/h1-5,10-16,22,38H,6-9H2,(H,33,34)(H,35,36);3-4,11-16,28H,1-2,5-10,17H2,(H,31,32)(H,33,34);2-3,10-15,27H,1,4-9,16H2,(H,30,31)(H,32,33);3-4,9-14,26H,5-8,15H2,1-2H3,(H,29,30)(H,31,32). The SMILES string of the molecule is CN(C)Cc1cncc(-c2ccc3[nH]nc(-c4nc5c(N6CCNCC6)cncc5[nH]4)c3c2)c1.OC1CCN(c2cncc(-c3ccc4[nH]nc(-c5nc6c(-c7cccc(F)c7)cncc6[nH]5)c4c3)c2)CC1.c1ncc(-c2ccc3[nH]nc(-c4nc5c(N6CCNCC6)cncc5[nH]4)c3c2)cc1CN1CCC1.c1ncc(-c2ccc3[nH]nc(-c4nc5c(N6CCNCC6)cncc5[nH]4)c3c2)cc1CN1CCCC1. The molecule has 0 aliphatic carbocycles. The number of imidazole rings is 4. The molecule has 27 rings (SSSR count). The molecule has 0 saturated carbocycles. The molecule has 6 aliphatic rings. The number of hydrogen-bond donors (Lipinski definition) is 12. The molecule has 0 bridgehead atoms. The molecule has 5 aromatic carbocycles. The van der Waals surface area contributed by atoms with Crippen molar-refractivity contribution in [3.8, 4) is 102 Å². The van der Waals surface area contributed by atoms with Gasteiger partial charge in [0.15, 0.2) is 23.3 Å². The van der Waals surface area contributed by atoms with Crippen LogP contribution in [0.15, 0.2) is 220 Å². The maximum Gasteiger partial charge on any atom is 0.159 e. The average Bonchev–Trinajstić information content (AvgIpc) is 1.62. The molecule has 16 aromatic heterocycles. The fourth-order valence-electron chi connectivity index (χ4n) is 20.4. The van der Waals surface area contributed by atoms with Gasteiger partial charge in [-0.2, -0.15) is 20.4 Å². The minimum atomic E-state index is -0.308. The Morgan fingerprint density at radius 3 is 1.07 bits per heavy atom. The van der Waals surface area contributed by atoms with Crippen molar-refractivity contribution in [3.63, 3.8) is 0 Å². The number of halogens is 1. The molecule has 0 radical (unpaired) electrons. The molecule has 0 amide bonds. The van der Waals surface area contributed by atoms with E-state index in [1.807, 2.05) is 98.9 Å². The highest BCUT2D eigenvalue weighted by Crippen LogP contribution is 2.41. The highest BCUT2D eigenvalue weighted by Gasteiger charge is 2.28. The molecule has 21 aromatic rings. The molecule has 0 spiro atoms. The van der Waals surface area contributed by atoms with Crippen LogP contribution in [0, 0.1) is 5.82 Å². The number of aliphatic hydroxyl groups excluding tert-OH is 1. The summed E-state index contributed by atoms with van der Waals surface area (Å²) in [5.41, 5.74) is 32.1. The smallest absolute Gasteiger partial charge is 0.159 e. The van der Waals surface area contributed by atoms with Gasteiger partial charge in [-0.05, 0) is 202 Å². The maximum atomic E-state index is 13.9. The summed E-state index contributed by atoms with van der Waals surface area (Å²) in [6, 6.07) is 40.5. The summed E-state index contributed by atoms with van der Waals surface area (Å²) >= 11 is 0. The molecule has 718 valence electrons. The number of anilines is 4. The molecule has 36 heteroatoms. The lowest BCUT2D eigenvalue weighted by atomic mass is 10.0. The van der Waals surface area contributed by atoms with Crippen molar-refractivity contribution in [2.24, 2.45) is 0 Å². The molecule has 6 fully saturated rings. The molecule has 12 N–H and O–H groups in total. The number of likely N-dealkylation sites (tertiary alicyclic amines) is 2. The first kappa shape index (κ1) is 89.5. The van der Waals surface area contributed by atoms with E-state index in [1.165, 1.54) is 74.3 Å². The first-order valence-corrected chi connectivity index (χ1v) is 49.1. The summed E-state index contributed by atoms with van der Waals surface area (Å²) in [6.45, 7) is 20.6. The average molecular weight is 1900 g/mol. The first-order valence-electron chi connectivity index (χ1n) is 49.1. The van der Waals surface area contributed by atoms with Crippen LogP contribution in [0.4, 0.5) is 27.1 Å². The van der Waals surface area contributed by atoms with E-state index in [-0.39, 0.29) is 11.9 Å². The zero-order valence-electron chi connectivity index (χ0n) is 79.4. The Labute approximate surface area is 820 Å². The molecule has 0 atom stereocenters. The number of benzene rings is 5. The number of nitrogens with zero attached hydrogens (tertiary/aromatic N) is 23. The van der Waals surface area contributed by atoms with Gasteiger partial charge < -0.3 is 65.5 Å². The third kappa shape index (κ3) is 18.8. The van der Waals surface area contributed by atoms with Crippen LogP contribution in [0.5, 0.6) is 0 Å². The normalized spacial score (nSPS) is 15.7. The number of aromatic amines is 8. The summed E-state index contributed by atoms with van der Waals surface area (Å²) in [5, 5.41) is 55.1. The van der Waals surface area contributed by atoms with E-state index in [0.717, 1.165) is 314 Å². The summed E-state index contributed by atoms with van der Waals surface area (Å²) in [7, 11) is 4.12. The van der Waals surface area contributed by atoms with Crippen LogP contribution in [0.1, 0.15) is 48.8 Å². The second-order valence-corrected chi connectivity index (χ2v) is 37.9. The van der Waals surface area contributed by atoms with Gasteiger partial charge in [0.05, 0.1) is 128 Å². The van der Waals surface area contributed by atoms with Crippen LogP contribution in [0.2, 0.25) is 0 Å². The van der Waals surface area contributed by atoms with Gasteiger partial charge in [0.1, 0.15) is 45.1 Å². The highest BCUT2D eigenvalue weighted by atomic mass is 19.1. The molecule has 22 heterocycles. The number of piperidine rings is 1. The molecule has 143 heavy (non-hydrogen) atoms. The van der Waals surface area contributed by atoms with Crippen molar-refractivity contribution in [2.45, 2.75) is 57.8 Å². The van der Waals surface area contributed by atoms with Crippen molar-refractivity contribution in [3.05, 3.63) is 243 Å². The quantitative estimate of drug-likeness (QED) is 0.0358. The van der Waals surface area contributed by atoms with Gasteiger partial charge >= 0.3 is 0 Å². The zero-order chi connectivity index (χ0) is 95.8. The fraction of sp³-hybridized carbons (Fsp3) is 0.271. The molecular weight excluding hydrogens is 1800 g/mol. The van der Waals surface area contributed by atoms with Crippen LogP contribution >= 0.6 is 0 Å². The Morgan fingerprint density at radius 2 is 0.678 bits per heavy atom. The van der Waals surface area contributed by atoms with Crippen LogP contribution in [0.25, 0.3) is 189 Å². The summed E-state index contributed by atoms with van der Waals surface area (Å²) < 4.78 is 13.9. The highest BCUT2D eigenvalue weighted by molar-refractivity contribution is 6.03. The summed E-state index contributed by atoms with van der Waals surface area (Å²) in [5.74, 6) is 2.53. The Bertz CT molecular complexity index is 8170. The van der Waals surface area contributed by atoms with E-state index >= 15 is 0 Å². The Balaban J connectivity index is 0.000000103. The van der Waals surface area contributed by atoms with Crippen molar-refractivity contribution in [2.75, 3.05) is 152 Å².